The van der Waals surface area contributed by atoms with Crippen LogP contribution in [-0.2, 0) is 6.42 Å². The van der Waals surface area contributed by atoms with Crippen molar-refractivity contribution in [1.82, 2.24) is 14.9 Å². The monoisotopic (exact) mass is 388 g/mol. The molecule has 134 valence electrons. The quantitative estimate of drug-likeness (QED) is 0.302. The van der Waals surface area contributed by atoms with Crippen molar-refractivity contribution in [3.63, 3.8) is 0 Å². The van der Waals surface area contributed by atoms with Gasteiger partial charge in [0.15, 0.2) is 17.3 Å². The molecule has 0 fully saturated rings. The molecule has 0 amide bonds. The number of ether oxygens (including phenoxy) is 2. The topological polar surface area (TPSA) is 81.5 Å². The standard InChI is InChI=1S/C17H16N4O3S2/c1-3-15-19-20-17(25)21(15)18-10-11-6-7-12(13(9-11)23-2)24-16(22)14-5-4-8-26-14/h4-10H,3H2,1-2H3,(H,20,25)/b18-10-. The lowest BCUT2D eigenvalue weighted by atomic mass is 10.2. The first-order valence-corrected chi connectivity index (χ1v) is 9.05. The Morgan fingerprint density at radius 1 is 1.42 bits per heavy atom. The lowest BCUT2D eigenvalue weighted by molar-refractivity contribution is 0.0735. The Kier molecular flexibility index (Phi) is 5.59. The summed E-state index contributed by atoms with van der Waals surface area (Å²) in [5, 5.41) is 13.0. The van der Waals surface area contributed by atoms with E-state index >= 15 is 0 Å². The molecule has 0 saturated heterocycles. The van der Waals surface area contributed by atoms with Crippen LogP contribution in [0, 0.1) is 4.77 Å². The van der Waals surface area contributed by atoms with Crippen LogP contribution in [0.4, 0.5) is 0 Å². The van der Waals surface area contributed by atoms with E-state index < -0.39 is 5.97 Å². The van der Waals surface area contributed by atoms with Gasteiger partial charge in [-0.05, 0) is 47.4 Å². The number of aromatic amines is 1. The lowest BCUT2D eigenvalue weighted by Gasteiger charge is -2.09. The van der Waals surface area contributed by atoms with Gasteiger partial charge in [0.2, 0.25) is 4.77 Å². The Morgan fingerprint density at radius 2 is 2.27 bits per heavy atom. The first kappa shape index (κ1) is 18.0. The summed E-state index contributed by atoms with van der Waals surface area (Å²) in [7, 11) is 1.51. The Hall–Kier alpha value is -2.78. The van der Waals surface area contributed by atoms with Gasteiger partial charge in [0.05, 0.1) is 13.3 Å². The maximum atomic E-state index is 12.1. The molecule has 9 heteroatoms. The zero-order valence-corrected chi connectivity index (χ0v) is 15.8. The summed E-state index contributed by atoms with van der Waals surface area (Å²) in [5.41, 5.74) is 0.767. The van der Waals surface area contributed by atoms with Gasteiger partial charge in [-0.3, -0.25) is 5.10 Å². The van der Waals surface area contributed by atoms with E-state index in [2.05, 4.69) is 15.3 Å². The van der Waals surface area contributed by atoms with Gasteiger partial charge in [-0.25, -0.2) is 4.79 Å². The molecule has 0 bridgehead atoms. The number of carbonyl (C=O) groups excluding carboxylic acids is 1. The third kappa shape index (κ3) is 3.89. The highest BCUT2D eigenvalue weighted by Crippen LogP contribution is 2.28. The summed E-state index contributed by atoms with van der Waals surface area (Å²) < 4.78 is 12.7. The number of benzene rings is 1. The Labute approximate surface area is 158 Å². The Bertz CT molecular complexity index is 990. The van der Waals surface area contributed by atoms with Crippen molar-refractivity contribution in [3.05, 3.63) is 56.7 Å². The summed E-state index contributed by atoms with van der Waals surface area (Å²) in [5.74, 6) is 1.10. The zero-order valence-electron chi connectivity index (χ0n) is 14.1. The largest absolute Gasteiger partial charge is 0.493 e. The van der Waals surface area contributed by atoms with E-state index in [-0.39, 0.29) is 0 Å². The molecule has 26 heavy (non-hydrogen) atoms. The average molecular weight is 388 g/mol. The molecule has 0 radical (unpaired) electrons. The molecule has 0 saturated carbocycles. The van der Waals surface area contributed by atoms with E-state index in [1.807, 2.05) is 12.3 Å². The van der Waals surface area contributed by atoms with Gasteiger partial charge in [0.25, 0.3) is 0 Å². The highest BCUT2D eigenvalue weighted by atomic mass is 32.1. The van der Waals surface area contributed by atoms with Gasteiger partial charge < -0.3 is 9.47 Å². The molecule has 2 aromatic heterocycles. The lowest BCUT2D eigenvalue weighted by Crippen LogP contribution is -2.07. The van der Waals surface area contributed by atoms with Gasteiger partial charge in [-0.15, -0.1) is 11.3 Å². The van der Waals surface area contributed by atoms with Crippen LogP contribution in [0.25, 0.3) is 0 Å². The van der Waals surface area contributed by atoms with E-state index in [0.717, 1.165) is 11.4 Å². The highest BCUT2D eigenvalue weighted by molar-refractivity contribution is 7.71. The molecule has 0 aliphatic rings. The molecule has 0 aliphatic carbocycles. The van der Waals surface area contributed by atoms with E-state index in [9.17, 15) is 4.79 Å². The maximum Gasteiger partial charge on any atom is 0.353 e. The second kappa shape index (κ2) is 8.07. The van der Waals surface area contributed by atoms with Crippen LogP contribution in [0.2, 0.25) is 0 Å². The number of thiophene rings is 1. The fourth-order valence-electron chi connectivity index (χ4n) is 2.19. The molecule has 3 aromatic rings. The predicted octanol–water partition coefficient (Wildman–Crippen LogP) is 3.67. The second-order valence-corrected chi connectivity index (χ2v) is 6.47. The summed E-state index contributed by atoms with van der Waals surface area (Å²) in [4.78, 5) is 12.6. The van der Waals surface area contributed by atoms with Gasteiger partial charge in [-0.1, -0.05) is 13.0 Å². The first-order chi connectivity index (χ1) is 12.6. The van der Waals surface area contributed by atoms with E-state index in [4.69, 9.17) is 21.7 Å². The van der Waals surface area contributed by atoms with Crippen LogP contribution >= 0.6 is 23.6 Å². The van der Waals surface area contributed by atoms with Gasteiger partial charge in [-0.2, -0.15) is 14.9 Å². The maximum absolute atomic E-state index is 12.1. The number of carbonyl (C=O) groups is 1. The third-order valence-corrected chi connectivity index (χ3v) is 4.58. The van der Waals surface area contributed by atoms with E-state index in [1.165, 1.54) is 18.4 Å². The molecule has 0 aliphatic heterocycles. The number of methoxy groups -OCH3 is 1. The second-order valence-electron chi connectivity index (χ2n) is 5.13. The normalized spacial score (nSPS) is 11.0. The van der Waals surface area contributed by atoms with Crippen molar-refractivity contribution in [2.75, 3.05) is 7.11 Å². The fourth-order valence-corrected chi connectivity index (χ4v) is 2.99. The van der Waals surface area contributed by atoms with Crippen molar-refractivity contribution in [3.8, 4) is 11.5 Å². The number of rotatable bonds is 6. The van der Waals surface area contributed by atoms with Gasteiger partial charge in [0, 0.05) is 6.42 Å². The number of H-pyrrole nitrogens is 1. The molecular formula is C17H16N4O3S2. The molecule has 7 nitrogen and oxygen atoms in total. The summed E-state index contributed by atoms with van der Waals surface area (Å²) in [6, 6.07) is 8.68. The highest BCUT2D eigenvalue weighted by Gasteiger charge is 2.13. The minimum atomic E-state index is -0.419. The molecular weight excluding hydrogens is 372 g/mol. The Balaban J connectivity index is 1.82. The molecule has 0 spiro atoms. The van der Waals surface area contributed by atoms with Gasteiger partial charge in [0.1, 0.15) is 4.88 Å². The van der Waals surface area contributed by atoms with Crippen molar-refractivity contribution >= 4 is 35.7 Å². The number of nitrogens with one attached hydrogen (secondary N) is 1. The van der Waals surface area contributed by atoms with Crippen LogP contribution < -0.4 is 9.47 Å². The summed E-state index contributed by atoms with van der Waals surface area (Å²) >= 11 is 6.48. The summed E-state index contributed by atoms with van der Waals surface area (Å²) in [6.07, 6.45) is 2.34. The zero-order chi connectivity index (χ0) is 18.5. The van der Waals surface area contributed by atoms with Crippen molar-refractivity contribution < 1.29 is 14.3 Å². The summed E-state index contributed by atoms with van der Waals surface area (Å²) in [6.45, 7) is 1.97. The van der Waals surface area contributed by atoms with Crippen LogP contribution in [0.15, 0.2) is 40.8 Å². The first-order valence-electron chi connectivity index (χ1n) is 7.76. The minimum Gasteiger partial charge on any atom is -0.493 e. The molecule has 1 aromatic carbocycles. The molecule has 0 atom stereocenters. The van der Waals surface area contributed by atoms with Gasteiger partial charge >= 0.3 is 5.97 Å². The van der Waals surface area contributed by atoms with Crippen LogP contribution in [-0.4, -0.2) is 34.2 Å². The van der Waals surface area contributed by atoms with E-state index in [0.29, 0.717) is 27.6 Å². The van der Waals surface area contributed by atoms with Crippen LogP contribution in [0.5, 0.6) is 11.5 Å². The van der Waals surface area contributed by atoms with Crippen molar-refractivity contribution in [2.45, 2.75) is 13.3 Å². The molecule has 2 heterocycles. The van der Waals surface area contributed by atoms with Crippen LogP contribution in [0.1, 0.15) is 28.0 Å². The Morgan fingerprint density at radius 3 is 2.96 bits per heavy atom. The average Bonchev–Trinajstić information content (AvgIpc) is 3.30. The third-order valence-electron chi connectivity index (χ3n) is 3.47. The number of aryl methyl sites for hydroxylation is 1. The molecule has 3 rings (SSSR count). The van der Waals surface area contributed by atoms with Crippen LogP contribution in [0.3, 0.4) is 0 Å². The van der Waals surface area contributed by atoms with Crippen molar-refractivity contribution in [2.24, 2.45) is 5.10 Å². The number of hydrogen-bond donors (Lipinski definition) is 1. The predicted molar refractivity (Wildman–Crippen MR) is 102 cm³/mol. The SMILES string of the molecule is CCc1n[nH]c(=S)n1/N=C\c1ccc(OC(=O)c2cccs2)c(OC)c1. The number of aromatic nitrogens is 3. The number of esters is 1. The molecule has 1 N–H and O–H groups in total. The fraction of sp³-hybridized carbons (Fsp3) is 0.176. The smallest absolute Gasteiger partial charge is 0.353 e. The van der Waals surface area contributed by atoms with Crippen molar-refractivity contribution in [1.29, 1.82) is 0 Å². The number of hydrogen-bond acceptors (Lipinski definition) is 7. The molecule has 0 unspecified atom stereocenters. The number of nitrogens with zero attached hydrogens (tertiary/aromatic N) is 3. The minimum absolute atomic E-state index is 0.345. The van der Waals surface area contributed by atoms with E-state index in [1.54, 1.807) is 41.2 Å².